The van der Waals surface area contributed by atoms with Crippen LogP contribution in [0.5, 0.6) is 0 Å². The largest absolute Gasteiger partial charge is 0.390 e. The second-order valence-corrected chi connectivity index (χ2v) is 7.64. The van der Waals surface area contributed by atoms with E-state index in [9.17, 15) is 5.11 Å². The quantitative estimate of drug-likeness (QED) is 0.933. The number of nitrogens with zero attached hydrogens (tertiary/aromatic N) is 2. The van der Waals surface area contributed by atoms with Gasteiger partial charge in [0, 0.05) is 38.8 Å². The minimum atomic E-state index is -0.260. The van der Waals surface area contributed by atoms with E-state index in [-0.39, 0.29) is 6.10 Å². The number of rotatable bonds is 3. The van der Waals surface area contributed by atoms with Crippen molar-refractivity contribution in [1.29, 1.82) is 0 Å². The number of hydrogen-bond donors (Lipinski definition) is 1. The zero-order valence-electron chi connectivity index (χ0n) is 15.1. The third-order valence-corrected chi connectivity index (χ3v) is 5.75. The van der Waals surface area contributed by atoms with E-state index in [2.05, 4.69) is 65.3 Å². The average molecular weight is 336 g/mol. The van der Waals surface area contributed by atoms with E-state index in [1.165, 1.54) is 22.3 Å². The molecule has 2 atom stereocenters. The first-order chi connectivity index (χ1) is 12.2. The molecule has 0 aromatic heterocycles. The van der Waals surface area contributed by atoms with Crippen molar-refractivity contribution >= 4 is 0 Å². The van der Waals surface area contributed by atoms with Gasteiger partial charge in [-0.2, -0.15) is 0 Å². The fourth-order valence-electron chi connectivity index (χ4n) is 4.38. The predicted octanol–water partition coefficient (Wildman–Crippen LogP) is 2.99. The maximum atomic E-state index is 10.8. The van der Waals surface area contributed by atoms with Gasteiger partial charge in [-0.3, -0.25) is 9.80 Å². The molecule has 2 aliphatic heterocycles. The summed E-state index contributed by atoms with van der Waals surface area (Å²) in [6, 6.07) is 17.7. The van der Waals surface area contributed by atoms with Gasteiger partial charge in [-0.05, 0) is 36.5 Å². The third-order valence-electron chi connectivity index (χ3n) is 5.75. The minimum absolute atomic E-state index is 0.260. The molecule has 132 valence electrons. The van der Waals surface area contributed by atoms with Crippen molar-refractivity contribution in [3.8, 4) is 0 Å². The number of likely N-dealkylation sites (tertiary alicyclic amines) is 1. The molecular formula is C22H28N2O. The second kappa shape index (κ2) is 7.28. The topological polar surface area (TPSA) is 26.7 Å². The Morgan fingerprint density at radius 3 is 2.68 bits per heavy atom. The fraction of sp³-hybridized carbons (Fsp3) is 0.455. The van der Waals surface area contributed by atoms with Gasteiger partial charge in [0.2, 0.25) is 0 Å². The molecule has 2 heterocycles. The number of piperidine rings is 1. The summed E-state index contributed by atoms with van der Waals surface area (Å²) in [5.74, 6) is 0. The maximum absolute atomic E-state index is 10.8. The van der Waals surface area contributed by atoms with Gasteiger partial charge < -0.3 is 5.11 Å². The summed E-state index contributed by atoms with van der Waals surface area (Å²) in [5.41, 5.74) is 5.61. The van der Waals surface area contributed by atoms with Crippen LogP contribution in [-0.2, 0) is 19.5 Å². The molecule has 0 spiro atoms. The third kappa shape index (κ3) is 3.79. The highest BCUT2D eigenvalue weighted by Gasteiger charge is 2.33. The molecule has 0 amide bonds. The molecule has 0 radical (unpaired) electrons. The van der Waals surface area contributed by atoms with Crippen LogP contribution < -0.4 is 0 Å². The van der Waals surface area contributed by atoms with Crippen LogP contribution in [0.4, 0.5) is 0 Å². The molecule has 1 saturated heterocycles. The predicted molar refractivity (Wildman–Crippen MR) is 101 cm³/mol. The Hall–Kier alpha value is -1.68. The standard InChI is InChI=1S/C22H28N2O/c1-17-7-8-20-15-24(12-9-19(20)13-17)21-10-11-23(16-22(21)25)14-18-5-3-2-4-6-18/h2-8,13,21-22,25H,9-12,14-16H2,1H3. The number of hydrogen-bond acceptors (Lipinski definition) is 3. The van der Waals surface area contributed by atoms with E-state index in [0.29, 0.717) is 6.04 Å². The smallest absolute Gasteiger partial charge is 0.0822 e. The molecule has 2 aliphatic rings. The van der Waals surface area contributed by atoms with Crippen LogP contribution in [0, 0.1) is 6.92 Å². The zero-order valence-corrected chi connectivity index (χ0v) is 15.1. The van der Waals surface area contributed by atoms with Gasteiger partial charge in [0.25, 0.3) is 0 Å². The van der Waals surface area contributed by atoms with Gasteiger partial charge in [0.1, 0.15) is 0 Å². The SMILES string of the molecule is Cc1ccc2c(c1)CCN(C1CCN(Cc3ccccc3)CC1O)C2. The van der Waals surface area contributed by atoms with Crippen molar-refractivity contribution in [3.63, 3.8) is 0 Å². The van der Waals surface area contributed by atoms with Crippen molar-refractivity contribution < 1.29 is 5.11 Å². The average Bonchev–Trinajstić information content (AvgIpc) is 2.62. The highest BCUT2D eigenvalue weighted by Crippen LogP contribution is 2.26. The van der Waals surface area contributed by atoms with E-state index >= 15 is 0 Å². The van der Waals surface area contributed by atoms with E-state index in [4.69, 9.17) is 0 Å². The number of aliphatic hydroxyl groups excluding tert-OH is 1. The highest BCUT2D eigenvalue weighted by atomic mass is 16.3. The molecule has 0 bridgehead atoms. The Bertz CT molecular complexity index is 715. The summed E-state index contributed by atoms with van der Waals surface area (Å²) in [6.07, 6.45) is 1.90. The van der Waals surface area contributed by atoms with Crippen LogP contribution in [0.15, 0.2) is 48.5 Å². The van der Waals surface area contributed by atoms with Crippen molar-refractivity contribution in [2.45, 2.75) is 45.0 Å². The molecule has 2 unspecified atom stereocenters. The van der Waals surface area contributed by atoms with E-state index in [1.807, 2.05) is 0 Å². The molecule has 3 nitrogen and oxygen atoms in total. The first-order valence-electron chi connectivity index (χ1n) is 9.46. The monoisotopic (exact) mass is 336 g/mol. The fourth-order valence-corrected chi connectivity index (χ4v) is 4.38. The van der Waals surface area contributed by atoms with Crippen molar-refractivity contribution in [3.05, 3.63) is 70.8 Å². The van der Waals surface area contributed by atoms with Crippen molar-refractivity contribution in [2.75, 3.05) is 19.6 Å². The summed E-state index contributed by atoms with van der Waals surface area (Å²) in [6.45, 7) is 6.99. The summed E-state index contributed by atoms with van der Waals surface area (Å²) >= 11 is 0. The van der Waals surface area contributed by atoms with Crippen LogP contribution in [0.3, 0.4) is 0 Å². The Kier molecular flexibility index (Phi) is 4.89. The number of β-amino-alcohol motifs (C(OH)–C–C–N with tert-alkyl or cyclic N) is 1. The molecule has 3 heteroatoms. The Labute approximate surface area is 150 Å². The molecule has 25 heavy (non-hydrogen) atoms. The highest BCUT2D eigenvalue weighted by molar-refractivity contribution is 5.33. The molecule has 1 fully saturated rings. The van der Waals surface area contributed by atoms with Gasteiger partial charge in [-0.25, -0.2) is 0 Å². The molecule has 2 aromatic rings. The summed E-state index contributed by atoms with van der Waals surface area (Å²) in [7, 11) is 0. The summed E-state index contributed by atoms with van der Waals surface area (Å²) in [5, 5.41) is 10.8. The molecule has 4 rings (SSSR count). The van der Waals surface area contributed by atoms with Gasteiger partial charge in [0.05, 0.1) is 6.10 Å². The van der Waals surface area contributed by atoms with Gasteiger partial charge >= 0.3 is 0 Å². The Morgan fingerprint density at radius 2 is 1.88 bits per heavy atom. The summed E-state index contributed by atoms with van der Waals surface area (Å²) < 4.78 is 0. The summed E-state index contributed by atoms with van der Waals surface area (Å²) in [4.78, 5) is 4.89. The number of aliphatic hydroxyl groups is 1. The number of aryl methyl sites for hydroxylation is 1. The second-order valence-electron chi connectivity index (χ2n) is 7.64. The van der Waals surface area contributed by atoms with Crippen LogP contribution >= 0.6 is 0 Å². The lowest BCUT2D eigenvalue weighted by molar-refractivity contribution is -0.0204. The molecule has 0 saturated carbocycles. The van der Waals surface area contributed by atoms with Crippen molar-refractivity contribution in [2.24, 2.45) is 0 Å². The minimum Gasteiger partial charge on any atom is -0.390 e. The molecule has 1 N–H and O–H groups in total. The van der Waals surface area contributed by atoms with Gasteiger partial charge in [-0.15, -0.1) is 0 Å². The first-order valence-corrected chi connectivity index (χ1v) is 9.46. The lowest BCUT2D eigenvalue weighted by Gasteiger charge is -2.43. The number of fused-ring (bicyclic) bond motifs is 1. The van der Waals surface area contributed by atoms with Gasteiger partial charge in [-0.1, -0.05) is 54.1 Å². The lowest BCUT2D eigenvalue weighted by Crippen LogP contribution is -2.54. The van der Waals surface area contributed by atoms with Crippen LogP contribution in [0.2, 0.25) is 0 Å². The van der Waals surface area contributed by atoms with E-state index in [1.54, 1.807) is 0 Å². The van der Waals surface area contributed by atoms with Crippen molar-refractivity contribution in [1.82, 2.24) is 9.80 Å². The number of benzene rings is 2. The molecule has 2 aromatic carbocycles. The maximum Gasteiger partial charge on any atom is 0.0822 e. The van der Waals surface area contributed by atoms with Gasteiger partial charge in [0.15, 0.2) is 0 Å². The Balaban J connectivity index is 1.38. The zero-order chi connectivity index (χ0) is 17.2. The van der Waals surface area contributed by atoms with Crippen LogP contribution in [0.25, 0.3) is 0 Å². The van der Waals surface area contributed by atoms with E-state index < -0.39 is 0 Å². The lowest BCUT2D eigenvalue weighted by atomic mass is 9.93. The van der Waals surface area contributed by atoms with Crippen LogP contribution in [0.1, 0.15) is 28.7 Å². The molecule has 0 aliphatic carbocycles. The van der Waals surface area contributed by atoms with Crippen LogP contribution in [-0.4, -0.2) is 46.7 Å². The van der Waals surface area contributed by atoms with E-state index in [0.717, 1.165) is 45.6 Å². The Morgan fingerprint density at radius 1 is 1.04 bits per heavy atom. The molecular weight excluding hydrogens is 308 g/mol. The normalized spacial score (nSPS) is 24.9. The first kappa shape index (κ1) is 16.8.